The van der Waals surface area contributed by atoms with E-state index in [2.05, 4.69) is 0 Å². The van der Waals surface area contributed by atoms with Crippen LogP contribution >= 0.6 is 0 Å². The third-order valence-electron chi connectivity index (χ3n) is 3.71. The molecule has 0 spiro atoms. The molecule has 6 nitrogen and oxygen atoms in total. The second-order valence-corrected chi connectivity index (χ2v) is 7.58. The molecule has 0 atom stereocenters. The summed E-state index contributed by atoms with van der Waals surface area (Å²) < 4.78 is 33.6. The maximum atomic E-state index is 12.3. The monoisotopic (exact) mass is 311 g/mol. The zero-order valence-corrected chi connectivity index (χ0v) is 12.4. The Bertz CT molecular complexity index is 655. The SMILES string of the molecule is O=C(CN1CCCS(=O)(=O)CC1)c1ccc2c(c1)OCO2. The number of rotatable bonds is 3. The largest absolute Gasteiger partial charge is 0.454 e. The highest BCUT2D eigenvalue weighted by molar-refractivity contribution is 7.91. The molecule has 3 rings (SSSR count). The highest BCUT2D eigenvalue weighted by atomic mass is 32.2. The van der Waals surface area contributed by atoms with Gasteiger partial charge in [-0.25, -0.2) is 8.42 Å². The molecule has 0 aromatic heterocycles. The van der Waals surface area contributed by atoms with E-state index in [0.29, 0.717) is 36.6 Å². The molecule has 1 aromatic rings. The molecule has 114 valence electrons. The molecule has 1 fully saturated rings. The summed E-state index contributed by atoms with van der Waals surface area (Å²) in [4.78, 5) is 14.2. The van der Waals surface area contributed by atoms with Gasteiger partial charge in [0, 0.05) is 12.1 Å². The Morgan fingerprint density at radius 1 is 1.14 bits per heavy atom. The molecule has 21 heavy (non-hydrogen) atoms. The number of ether oxygens (including phenoxy) is 2. The number of carbonyl (C=O) groups excluding carboxylic acids is 1. The number of hydrogen-bond acceptors (Lipinski definition) is 6. The second-order valence-electron chi connectivity index (χ2n) is 5.27. The van der Waals surface area contributed by atoms with Gasteiger partial charge in [-0.3, -0.25) is 9.69 Å². The lowest BCUT2D eigenvalue weighted by molar-refractivity contribution is 0.0935. The minimum atomic E-state index is -2.95. The number of carbonyl (C=O) groups is 1. The Morgan fingerprint density at radius 3 is 2.81 bits per heavy atom. The molecule has 2 aliphatic heterocycles. The van der Waals surface area contributed by atoms with Crippen LogP contribution in [0.25, 0.3) is 0 Å². The molecule has 2 aliphatic rings. The summed E-state index contributed by atoms with van der Waals surface area (Å²) >= 11 is 0. The number of hydrogen-bond donors (Lipinski definition) is 0. The first-order chi connectivity index (χ1) is 10.0. The molecule has 0 N–H and O–H groups in total. The summed E-state index contributed by atoms with van der Waals surface area (Å²) in [6.45, 7) is 1.46. The highest BCUT2D eigenvalue weighted by Crippen LogP contribution is 2.32. The van der Waals surface area contributed by atoms with Crippen molar-refractivity contribution in [1.29, 1.82) is 0 Å². The van der Waals surface area contributed by atoms with Crippen molar-refractivity contribution in [2.24, 2.45) is 0 Å². The first kappa shape index (κ1) is 14.3. The fourth-order valence-electron chi connectivity index (χ4n) is 2.51. The molecule has 0 saturated carbocycles. The van der Waals surface area contributed by atoms with Gasteiger partial charge < -0.3 is 9.47 Å². The number of fused-ring (bicyclic) bond motifs is 1. The van der Waals surface area contributed by atoms with E-state index in [-0.39, 0.29) is 30.6 Å². The van der Waals surface area contributed by atoms with Crippen LogP contribution in [0.15, 0.2) is 18.2 Å². The van der Waals surface area contributed by atoms with E-state index in [4.69, 9.17) is 9.47 Å². The van der Waals surface area contributed by atoms with E-state index in [1.165, 1.54) is 0 Å². The van der Waals surface area contributed by atoms with E-state index in [1.54, 1.807) is 18.2 Å². The van der Waals surface area contributed by atoms with Crippen LogP contribution in [0.1, 0.15) is 16.8 Å². The quantitative estimate of drug-likeness (QED) is 0.766. The van der Waals surface area contributed by atoms with Crippen LogP contribution in [0.4, 0.5) is 0 Å². The molecule has 0 amide bonds. The minimum Gasteiger partial charge on any atom is -0.454 e. The minimum absolute atomic E-state index is 0.0346. The number of sulfone groups is 1. The summed E-state index contributed by atoms with van der Waals surface area (Å²) in [7, 11) is -2.95. The van der Waals surface area contributed by atoms with Gasteiger partial charge in [0.05, 0.1) is 18.1 Å². The van der Waals surface area contributed by atoms with E-state index < -0.39 is 9.84 Å². The van der Waals surface area contributed by atoms with Gasteiger partial charge in [-0.2, -0.15) is 0 Å². The summed E-state index contributed by atoms with van der Waals surface area (Å²) in [5.41, 5.74) is 0.561. The van der Waals surface area contributed by atoms with Crippen molar-refractivity contribution in [3.63, 3.8) is 0 Å². The van der Waals surface area contributed by atoms with Crippen LogP contribution < -0.4 is 9.47 Å². The van der Waals surface area contributed by atoms with Crippen LogP contribution in [0, 0.1) is 0 Å². The highest BCUT2D eigenvalue weighted by Gasteiger charge is 2.22. The Kier molecular flexibility index (Phi) is 3.86. The Balaban J connectivity index is 1.66. The average molecular weight is 311 g/mol. The summed E-state index contributed by atoms with van der Waals surface area (Å²) in [6, 6.07) is 5.12. The van der Waals surface area contributed by atoms with Crippen LogP contribution in [-0.2, 0) is 9.84 Å². The summed E-state index contributed by atoms with van der Waals surface area (Å²) in [5, 5.41) is 0. The molecule has 0 aliphatic carbocycles. The molecule has 0 bridgehead atoms. The Morgan fingerprint density at radius 2 is 1.95 bits per heavy atom. The molecular weight excluding hydrogens is 294 g/mol. The zero-order chi connectivity index (χ0) is 14.9. The molecule has 7 heteroatoms. The number of benzene rings is 1. The third kappa shape index (κ3) is 3.36. The first-order valence-corrected chi connectivity index (χ1v) is 8.71. The van der Waals surface area contributed by atoms with Gasteiger partial charge in [-0.1, -0.05) is 0 Å². The van der Waals surface area contributed by atoms with E-state index in [9.17, 15) is 13.2 Å². The molecule has 0 radical (unpaired) electrons. The van der Waals surface area contributed by atoms with E-state index in [0.717, 1.165) is 0 Å². The zero-order valence-electron chi connectivity index (χ0n) is 11.6. The standard InChI is InChI=1S/C14H17NO5S/c16-12(9-15-4-1-6-21(17,18)7-5-15)11-2-3-13-14(8-11)20-10-19-13/h2-3,8H,1,4-7,9-10H2. The summed E-state index contributed by atoms with van der Waals surface area (Å²) in [6.07, 6.45) is 0.580. The van der Waals surface area contributed by atoms with Gasteiger partial charge in [0.25, 0.3) is 0 Å². The maximum absolute atomic E-state index is 12.3. The van der Waals surface area contributed by atoms with Crippen LogP contribution in [0.2, 0.25) is 0 Å². The van der Waals surface area contributed by atoms with Gasteiger partial charge in [0.2, 0.25) is 6.79 Å². The smallest absolute Gasteiger partial charge is 0.231 e. The predicted octanol–water partition coefficient (Wildman–Crippen LogP) is 0.718. The third-order valence-corrected chi connectivity index (χ3v) is 5.43. The number of nitrogens with zero attached hydrogens (tertiary/aromatic N) is 1. The Hall–Kier alpha value is -1.60. The van der Waals surface area contributed by atoms with Crippen molar-refractivity contribution < 1.29 is 22.7 Å². The maximum Gasteiger partial charge on any atom is 0.231 e. The summed E-state index contributed by atoms with van der Waals surface area (Å²) in [5.74, 6) is 1.53. The van der Waals surface area contributed by atoms with Crippen molar-refractivity contribution >= 4 is 15.6 Å². The second kappa shape index (κ2) is 5.65. The normalized spacial score (nSPS) is 21.0. The lowest BCUT2D eigenvalue weighted by atomic mass is 10.1. The topological polar surface area (TPSA) is 72.9 Å². The molecule has 2 heterocycles. The van der Waals surface area contributed by atoms with Crippen LogP contribution in [-0.4, -0.2) is 57.0 Å². The van der Waals surface area contributed by atoms with Crippen molar-refractivity contribution in [3.8, 4) is 11.5 Å². The van der Waals surface area contributed by atoms with Crippen LogP contribution in [0.5, 0.6) is 11.5 Å². The van der Waals surface area contributed by atoms with E-state index >= 15 is 0 Å². The number of Topliss-reactive ketones (excluding diaryl/α,β-unsaturated/α-hetero) is 1. The first-order valence-electron chi connectivity index (χ1n) is 6.89. The Labute approximate surface area is 123 Å². The molecular formula is C14H17NO5S. The molecule has 1 aromatic carbocycles. The molecule has 1 saturated heterocycles. The lowest BCUT2D eigenvalue weighted by Crippen LogP contribution is -2.32. The lowest BCUT2D eigenvalue weighted by Gasteiger charge is -2.18. The van der Waals surface area contributed by atoms with Gasteiger partial charge in [-0.05, 0) is 31.2 Å². The van der Waals surface area contributed by atoms with Crippen molar-refractivity contribution in [3.05, 3.63) is 23.8 Å². The average Bonchev–Trinajstić information content (AvgIpc) is 2.84. The van der Waals surface area contributed by atoms with Crippen LogP contribution in [0.3, 0.4) is 0 Å². The van der Waals surface area contributed by atoms with E-state index in [1.807, 2.05) is 4.90 Å². The van der Waals surface area contributed by atoms with Crippen molar-refractivity contribution in [2.75, 3.05) is 37.9 Å². The van der Waals surface area contributed by atoms with Crippen molar-refractivity contribution in [2.45, 2.75) is 6.42 Å². The fourth-order valence-corrected chi connectivity index (χ4v) is 3.82. The fraction of sp³-hybridized carbons (Fsp3) is 0.500. The number of ketones is 1. The van der Waals surface area contributed by atoms with Gasteiger partial charge in [0.15, 0.2) is 27.1 Å². The predicted molar refractivity (Wildman–Crippen MR) is 76.6 cm³/mol. The van der Waals surface area contributed by atoms with Crippen molar-refractivity contribution in [1.82, 2.24) is 4.90 Å². The molecule has 0 unspecified atom stereocenters. The van der Waals surface area contributed by atoms with Gasteiger partial charge in [-0.15, -0.1) is 0 Å². The van der Waals surface area contributed by atoms with Gasteiger partial charge in [0.1, 0.15) is 0 Å². The van der Waals surface area contributed by atoms with Gasteiger partial charge >= 0.3 is 0 Å².